The van der Waals surface area contributed by atoms with Crippen LogP contribution in [-0.2, 0) is 16.6 Å². The summed E-state index contributed by atoms with van der Waals surface area (Å²) in [7, 11) is -4.23. The molecule has 43 heavy (non-hydrogen) atoms. The third kappa shape index (κ3) is 6.37. The quantitative estimate of drug-likeness (QED) is 0.263. The van der Waals surface area contributed by atoms with E-state index in [9.17, 15) is 48.7 Å². The van der Waals surface area contributed by atoms with Crippen LogP contribution in [-0.4, -0.2) is 71.4 Å². The first kappa shape index (κ1) is 30.8. The highest BCUT2D eigenvalue weighted by Crippen LogP contribution is 2.35. The van der Waals surface area contributed by atoms with Crippen molar-refractivity contribution in [3.05, 3.63) is 58.3 Å². The maximum absolute atomic E-state index is 13.8. The van der Waals surface area contributed by atoms with Gasteiger partial charge in [0.15, 0.2) is 0 Å². The summed E-state index contributed by atoms with van der Waals surface area (Å²) in [5.41, 5.74) is -1.20. The molecule has 2 aromatic carbocycles. The van der Waals surface area contributed by atoms with E-state index in [1.54, 1.807) is 0 Å². The second-order valence-corrected chi connectivity index (χ2v) is 12.2. The van der Waals surface area contributed by atoms with Crippen LogP contribution in [0.3, 0.4) is 0 Å². The molecule has 3 aromatic rings. The molecule has 0 saturated carbocycles. The number of carbonyl (C=O) groups excluding carboxylic acids is 1. The molecule has 0 unspecified atom stereocenters. The molecule has 234 valence electrons. The minimum absolute atomic E-state index is 0.137. The lowest BCUT2D eigenvalue weighted by atomic mass is 10.0. The number of sulfonamides is 1. The molecule has 0 atom stereocenters. The van der Waals surface area contributed by atoms with Gasteiger partial charge in [-0.3, -0.25) is 13.9 Å². The Labute approximate surface area is 240 Å². The predicted molar refractivity (Wildman–Crippen MR) is 138 cm³/mol. The second kappa shape index (κ2) is 11.2. The lowest BCUT2D eigenvalue weighted by molar-refractivity contribution is -0.274. The van der Waals surface area contributed by atoms with Crippen molar-refractivity contribution < 1.29 is 48.7 Å². The second-order valence-electron chi connectivity index (χ2n) is 10.4. The zero-order chi connectivity index (χ0) is 31.3. The first-order chi connectivity index (χ1) is 20.0. The Morgan fingerprint density at radius 2 is 1.56 bits per heavy atom. The summed E-state index contributed by atoms with van der Waals surface area (Å²) in [6, 6.07) is 5.35. The number of unbranched alkanes of at least 4 members (excludes halogenated alkanes) is 1. The number of nitrogens with zero attached hydrogens (tertiary/aromatic N) is 4. The van der Waals surface area contributed by atoms with Gasteiger partial charge in [-0.2, -0.15) is 13.2 Å². The zero-order valence-corrected chi connectivity index (χ0v) is 23.1. The van der Waals surface area contributed by atoms with Gasteiger partial charge in [-0.15, -0.1) is 13.2 Å². The Bertz CT molecular complexity index is 1710. The van der Waals surface area contributed by atoms with Gasteiger partial charge in [-0.25, -0.2) is 21.9 Å². The highest BCUT2D eigenvalue weighted by Gasteiger charge is 2.42. The highest BCUT2D eigenvalue weighted by atomic mass is 32.2. The van der Waals surface area contributed by atoms with E-state index in [0.29, 0.717) is 47.8 Å². The van der Waals surface area contributed by atoms with Crippen molar-refractivity contribution >= 4 is 27.0 Å². The number of rotatable bonds is 8. The first-order valence-corrected chi connectivity index (χ1v) is 14.7. The number of hydrogen-bond donors (Lipinski definition) is 0. The van der Waals surface area contributed by atoms with E-state index in [4.69, 9.17) is 0 Å². The molecule has 9 nitrogen and oxygen atoms in total. The molecule has 3 heterocycles. The van der Waals surface area contributed by atoms with E-state index in [-0.39, 0.29) is 24.0 Å². The SMILES string of the molecule is O=C1c2cc(OC(F)(F)F)ccc2S(=O)(=O)N1CCCCN1CCC(n2c(=O)n(CC(F)(F)F)c3cc(F)ccc32)CC1. The largest absolute Gasteiger partial charge is 0.573 e. The van der Waals surface area contributed by atoms with Crippen LogP contribution >= 0.6 is 0 Å². The Hall–Kier alpha value is -3.60. The van der Waals surface area contributed by atoms with Crippen molar-refractivity contribution in [2.75, 3.05) is 26.2 Å². The Kier molecular flexibility index (Phi) is 8.00. The molecule has 1 fully saturated rings. The van der Waals surface area contributed by atoms with E-state index in [1.165, 1.54) is 10.6 Å². The van der Waals surface area contributed by atoms with Crippen molar-refractivity contribution in [3.63, 3.8) is 0 Å². The number of aromatic nitrogens is 2. The molecular weight excluding hydrogens is 613 g/mol. The molecule has 0 spiro atoms. The number of carbonyl (C=O) groups is 1. The summed E-state index contributed by atoms with van der Waals surface area (Å²) in [5, 5.41) is 0. The van der Waals surface area contributed by atoms with E-state index < -0.39 is 68.8 Å². The number of imidazole rings is 1. The molecule has 1 amide bonds. The average Bonchev–Trinajstić information content (AvgIpc) is 3.26. The van der Waals surface area contributed by atoms with Crippen LogP contribution in [0.4, 0.5) is 30.7 Å². The average molecular weight is 639 g/mol. The molecule has 1 aromatic heterocycles. The van der Waals surface area contributed by atoms with Gasteiger partial charge in [0, 0.05) is 25.7 Å². The van der Waals surface area contributed by atoms with E-state index in [0.717, 1.165) is 30.3 Å². The summed E-state index contributed by atoms with van der Waals surface area (Å²) < 4.78 is 123. The summed E-state index contributed by atoms with van der Waals surface area (Å²) in [6.07, 6.45) is -8.10. The fourth-order valence-electron chi connectivity index (χ4n) is 5.61. The molecule has 0 bridgehead atoms. The van der Waals surface area contributed by atoms with Gasteiger partial charge in [0.2, 0.25) is 0 Å². The van der Waals surface area contributed by atoms with Crippen LogP contribution < -0.4 is 10.4 Å². The Balaban J connectivity index is 1.17. The van der Waals surface area contributed by atoms with Gasteiger partial charge < -0.3 is 9.64 Å². The number of likely N-dealkylation sites (tertiary alicyclic amines) is 1. The van der Waals surface area contributed by atoms with Crippen molar-refractivity contribution in [2.24, 2.45) is 0 Å². The minimum atomic E-state index is -5.01. The lowest BCUT2D eigenvalue weighted by Crippen LogP contribution is -2.39. The molecule has 0 radical (unpaired) electrons. The fraction of sp³-hybridized carbons (Fsp3) is 0.462. The minimum Gasteiger partial charge on any atom is -0.406 e. The highest BCUT2D eigenvalue weighted by molar-refractivity contribution is 7.90. The Morgan fingerprint density at radius 1 is 0.884 bits per heavy atom. The monoisotopic (exact) mass is 638 g/mol. The summed E-state index contributed by atoms with van der Waals surface area (Å²) >= 11 is 0. The molecule has 2 aliphatic heterocycles. The topological polar surface area (TPSA) is 93.8 Å². The first-order valence-electron chi connectivity index (χ1n) is 13.2. The van der Waals surface area contributed by atoms with Crippen LogP contribution in [0.5, 0.6) is 5.75 Å². The molecule has 5 rings (SSSR count). The van der Waals surface area contributed by atoms with Crippen LogP contribution in [0.2, 0.25) is 0 Å². The van der Waals surface area contributed by atoms with Crippen molar-refractivity contribution in [1.82, 2.24) is 18.3 Å². The van der Waals surface area contributed by atoms with Crippen molar-refractivity contribution in [1.29, 1.82) is 0 Å². The number of halogens is 7. The molecule has 0 N–H and O–H groups in total. The summed E-state index contributed by atoms with van der Waals surface area (Å²) in [6.45, 7) is -0.259. The smallest absolute Gasteiger partial charge is 0.406 e. The molecule has 0 aliphatic carbocycles. The van der Waals surface area contributed by atoms with Gasteiger partial charge in [-0.1, -0.05) is 0 Å². The van der Waals surface area contributed by atoms with Crippen molar-refractivity contribution in [3.8, 4) is 5.75 Å². The molecule has 2 aliphatic rings. The van der Waals surface area contributed by atoms with E-state index in [1.807, 2.05) is 4.90 Å². The third-order valence-corrected chi connectivity index (χ3v) is 9.32. The van der Waals surface area contributed by atoms with Crippen LogP contribution in [0.25, 0.3) is 11.0 Å². The summed E-state index contributed by atoms with van der Waals surface area (Å²) in [5.74, 6) is -2.42. The van der Waals surface area contributed by atoms with Crippen LogP contribution in [0.1, 0.15) is 42.1 Å². The number of benzene rings is 2. The van der Waals surface area contributed by atoms with Gasteiger partial charge in [-0.05, 0) is 68.6 Å². The van der Waals surface area contributed by atoms with E-state index >= 15 is 0 Å². The van der Waals surface area contributed by atoms with Crippen molar-refractivity contribution in [2.45, 2.75) is 55.7 Å². The number of amides is 1. The number of fused-ring (bicyclic) bond motifs is 2. The summed E-state index contributed by atoms with van der Waals surface area (Å²) in [4.78, 5) is 27.3. The van der Waals surface area contributed by atoms with E-state index in [2.05, 4.69) is 4.74 Å². The lowest BCUT2D eigenvalue weighted by Gasteiger charge is -2.32. The van der Waals surface area contributed by atoms with Crippen LogP contribution in [0.15, 0.2) is 46.1 Å². The predicted octanol–water partition coefficient (Wildman–Crippen LogP) is 4.66. The van der Waals surface area contributed by atoms with Gasteiger partial charge >= 0.3 is 18.2 Å². The Morgan fingerprint density at radius 3 is 2.21 bits per heavy atom. The fourth-order valence-corrected chi connectivity index (χ4v) is 7.20. The molecule has 1 saturated heterocycles. The maximum Gasteiger partial charge on any atom is 0.573 e. The third-order valence-electron chi connectivity index (χ3n) is 7.48. The van der Waals surface area contributed by atoms with Gasteiger partial charge in [0.05, 0.1) is 16.6 Å². The normalized spacial score (nSPS) is 18.0. The molecular formula is C26H25F7N4O5S. The zero-order valence-electron chi connectivity index (χ0n) is 22.3. The maximum atomic E-state index is 13.8. The molecule has 17 heteroatoms. The number of hydrogen-bond acceptors (Lipinski definition) is 6. The standard InChI is InChI=1S/C26H25F7N4O5S/c27-16-3-5-20-21(13-16)35(15-25(28,29)30)24(39)37(20)17-7-11-34(12-8-17)9-1-2-10-36-23(38)19-14-18(42-26(31,32)33)4-6-22(19)43(36,40)41/h3-6,13-14,17H,1-2,7-12,15H2. The number of piperidine rings is 1. The number of ether oxygens (including phenoxy) is 1. The number of alkyl halides is 6. The van der Waals surface area contributed by atoms with Crippen LogP contribution in [0, 0.1) is 5.82 Å². The van der Waals surface area contributed by atoms with Gasteiger partial charge in [0.1, 0.15) is 23.0 Å². The van der Waals surface area contributed by atoms with Gasteiger partial charge in [0.25, 0.3) is 15.9 Å².